The number of aryl methyl sites for hydroxylation is 2. The van der Waals surface area contributed by atoms with Crippen LogP contribution in [-0.2, 0) is 6.54 Å². The molecule has 0 radical (unpaired) electrons. The molecule has 0 atom stereocenters. The lowest BCUT2D eigenvalue weighted by molar-refractivity contribution is 0.0951. The van der Waals surface area contributed by atoms with Crippen molar-refractivity contribution in [3.8, 4) is 0 Å². The number of hydrogen-bond acceptors (Lipinski definition) is 4. The molecule has 0 aliphatic heterocycles. The topological polar surface area (TPSA) is 54.0 Å². The fraction of sp³-hybridized carbons (Fsp3) is 0.333. The molecule has 2 N–H and O–H groups in total. The molecule has 0 unspecified atom stereocenters. The van der Waals surface area contributed by atoms with Gasteiger partial charge in [0.25, 0.3) is 5.91 Å². The van der Waals surface area contributed by atoms with Crippen molar-refractivity contribution in [2.75, 3.05) is 11.9 Å². The van der Waals surface area contributed by atoms with Gasteiger partial charge in [-0.25, -0.2) is 4.98 Å². The quantitative estimate of drug-likeness (QED) is 0.889. The molecular formula is C15H19N3OS. The summed E-state index contributed by atoms with van der Waals surface area (Å²) in [7, 11) is 0. The average molecular weight is 289 g/mol. The summed E-state index contributed by atoms with van der Waals surface area (Å²) in [6.07, 6.45) is 1.60. The van der Waals surface area contributed by atoms with Gasteiger partial charge in [-0.15, -0.1) is 11.3 Å². The molecule has 0 aliphatic rings. The fourth-order valence-corrected chi connectivity index (χ4v) is 2.81. The first-order valence-corrected chi connectivity index (χ1v) is 7.46. The van der Waals surface area contributed by atoms with E-state index < -0.39 is 0 Å². The van der Waals surface area contributed by atoms with E-state index in [4.69, 9.17) is 0 Å². The van der Waals surface area contributed by atoms with Crippen LogP contribution in [0.5, 0.6) is 0 Å². The van der Waals surface area contributed by atoms with Crippen molar-refractivity contribution in [2.45, 2.75) is 27.3 Å². The lowest BCUT2D eigenvalue weighted by Gasteiger charge is -2.05. The summed E-state index contributed by atoms with van der Waals surface area (Å²) in [5, 5.41) is 6.02. The predicted octanol–water partition coefficient (Wildman–Crippen LogP) is 3.12. The molecule has 5 heteroatoms. The lowest BCUT2D eigenvalue weighted by atomic mass is 10.2. The molecule has 4 nitrogen and oxygen atoms in total. The maximum absolute atomic E-state index is 12.0. The van der Waals surface area contributed by atoms with Gasteiger partial charge < -0.3 is 10.6 Å². The van der Waals surface area contributed by atoms with E-state index in [2.05, 4.69) is 35.5 Å². The van der Waals surface area contributed by atoms with Gasteiger partial charge in [0, 0.05) is 22.5 Å². The molecule has 0 bridgehead atoms. The van der Waals surface area contributed by atoms with Gasteiger partial charge in [0.1, 0.15) is 5.82 Å². The molecule has 0 saturated heterocycles. The molecule has 2 heterocycles. The minimum absolute atomic E-state index is 0.0933. The number of thiophene rings is 1. The first-order chi connectivity index (χ1) is 9.60. The SMILES string of the molecule is CCNc1ccc(C(=O)NCc2cc(C)c(C)s2)cn1. The molecule has 0 aromatic carbocycles. The third-order valence-electron chi connectivity index (χ3n) is 3.02. The molecule has 2 aromatic rings. The van der Waals surface area contributed by atoms with E-state index in [0.717, 1.165) is 12.4 Å². The first-order valence-electron chi connectivity index (χ1n) is 6.64. The minimum Gasteiger partial charge on any atom is -0.370 e. The minimum atomic E-state index is -0.0933. The Kier molecular flexibility index (Phi) is 4.74. The molecule has 0 aliphatic carbocycles. The normalized spacial score (nSPS) is 10.3. The maximum Gasteiger partial charge on any atom is 0.253 e. The maximum atomic E-state index is 12.0. The Morgan fingerprint density at radius 2 is 2.15 bits per heavy atom. The Morgan fingerprint density at radius 1 is 1.35 bits per heavy atom. The monoisotopic (exact) mass is 289 g/mol. The van der Waals surface area contributed by atoms with Crippen LogP contribution in [0.15, 0.2) is 24.4 Å². The molecule has 0 fully saturated rings. The highest BCUT2D eigenvalue weighted by molar-refractivity contribution is 7.12. The number of rotatable bonds is 5. The number of pyridine rings is 1. The van der Waals surface area contributed by atoms with E-state index in [1.807, 2.05) is 13.0 Å². The van der Waals surface area contributed by atoms with Crippen molar-refractivity contribution >= 4 is 23.1 Å². The summed E-state index contributed by atoms with van der Waals surface area (Å²) >= 11 is 1.72. The van der Waals surface area contributed by atoms with Gasteiger partial charge in [-0.2, -0.15) is 0 Å². The average Bonchev–Trinajstić information content (AvgIpc) is 2.76. The number of aromatic nitrogens is 1. The number of nitrogens with one attached hydrogen (secondary N) is 2. The van der Waals surface area contributed by atoms with Crippen molar-refractivity contribution in [1.82, 2.24) is 10.3 Å². The van der Waals surface area contributed by atoms with Crippen LogP contribution in [0, 0.1) is 13.8 Å². The molecule has 2 rings (SSSR count). The number of anilines is 1. The van der Waals surface area contributed by atoms with Gasteiger partial charge in [-0.1, -0.05) is 0 Å². The number of amides is 1. The first kappa shape index (κ1) is 14.5. The second-order valence-electron chi connectivity index (χ2n) is 4.60. The van der Waals surface area contributed by atoms with Gasteiger partial charge in [0.05, 0.1) is 12.1 Å². The van der Waals surface area contributed by atoms with E-state index in [9.17, 15) is 4.79 Å². The van der Waals surface area contributed by atoms with Crippen molar-refractivity contribution in [1.29, 1.82) is 0 Å². The van der Waals surface area contributed by atoms with E-state index in [1.54, 1.807) is 23.6 Å². The fourth-order valence-electron chi connectivity index (χ4n) is 1.82. The van der Waals surface area contributed by atoms with E-state index in [1.165, 1.54) is 15.3 Å². The van der Waals surface area contributed by atoms with Crippen LogP contribution in [0.1, 0.15) is 32.6 Å². The van der Waals surface area contributed by atoms with Crippen molar-refractivity contribution in [3.63, 3.8) is 0 Å². The van der Waals surface area contributed by atoms with Crippen LogP contribution in [0.3, 0.4) is 0 Å². The number of carbonyl (C=O) groups excluding carboxylic acids is 1. The van der Waals surface area contributed by atoms with Gasteiger partial charge in [-0.3, -0.25) is 4.79 Å². The van der Waals surface area contributed by atoms with Crippen LogP contribution < -0.4 is 10.6 Å². The lowest BCUT2D eigenvalue weighted by Crippen LogP contribution is -2.22. The van der Waals surface area contributed by atoms with Crippen LogP contribution in [0.4, 0.5) is 5.82 Å². The smallest absolute Gasteiger partial charge is 0.253 e. The summed E-state index contributed by atoms with van der Waals surface area (Å²) in [6.45, 7) is 7.56. The molecule has 20 heavy (non-hydrogen) atoms. The van der Waals surface area contributed by atoms with Crippen LogP contribution in [0.25, 0.3) is 0 Å². The van der Waals surface area contributed by atoms with Crippen molar-refractivity contribution in [3.05, 3.63) is 45.3 Å². The predicted molar refractivity (Wildman–Crippen MR) is 83.4 cm³/mol. The summed E-state index contributed by atoms with van der Waals surface area (Å²) in [5.74, 6) is 0.692. The third-order valence-corrected chi connectivity index (χ3v) is 4.18. The summed E-state index contributed by atoms with van der Waals surface area (Å²) in [5.41, 5.74) is 1.85. The standard InChI is InChI=1S/C15H19N3OS/c1-4-16-14-6-5-12(8-17-14)15(19)18-9-13-7-10(2)11(3)20-13/h5-8H,4,9H2,1-3H3,(H,16,17)(H,18,19). The Bertz CT molecular complexity index is 570. The molecule has 0 spiro atoms. The third kappa shape index (κ3) is 3.57. The Balaban J connectivity index is 1.94. The number of nitrogens with zero attached hydrogens (tertiary/aromatic N) is 1. The number of carbonyl (C=O) groups is 1. The zero-order chi connectivity index (χ0) is 14.5. The molecule has 106 valence electrons. The molecule has 0 saturated carbocycles. The van der Waals surface area contributed by atoms with Gasteiger partial charge >= 0.3 is 0 Å². The van der Waals surface area contributed by atoms with E-state index >= 15 is 0 Å². The highest BCUT2D eigenvalue weighted by Gasteiger charge is 2.07. The van der Waals surface area contributed by atoms with E-state index in [-0.39, 0.29) is 5.91 Å². The van der Waals surface area contributed by atoms with Gasteiger partial charge in [0.15, 0.2) is 0 Å². The molecule has 1 amide bonds. The van der Waals surface area contributed by atoms with E-state index in [0.29, 0.717) is 12.1 Å². The zero-order valence-corrected chi connectivity index (χ0v) is 12.8. The summed E-state index contributed by atoms with van der Waals surface area (Å²) in [4.78, 5) is 18.7. The second kappa shape index (κ2) is 6.52. The second-order valence-corrected chi connectivity index (χ2v) is 5.94. The summed E-state index contributed by atoms with van der Waals surface area (Å²) < 4.78 is 0. The molecular weight excluding hydrogens is 270 g/mol. The molecule has 2 aromatic heterocycles. The van der Waals surface area contributed by atoms with Crippen molar-refractivity contribution < 1.29 is 4.79 Å². The number of hydrogen-bond donors (Lipinski definition) is 2. The zero-order valence-electron chi connectivity index (χ0n) is 12.0. The summed E-state index contributed by atoms with van der Waals surface area (Å²) in [6, 6.07) is 5.72. The highest BCUT2D eigenvalue weighted by atomic mass is 32.1. The van der Waals surface area contributed by atoms with Crippen LogP contribution in [0.2, 0.25) is 0 Å². The van der Waals surface area contributed by atoms with Crippen LogP contribution in [-0.4, -0.2) is 17.4 Å². The Morgan fingerprint density at radius 3 is 2.70 bits per heavy atom. The van der Waals surface area contributed by atoms with Gasteiger partial charge in [-0.05, 0) is 44.5 Å². The van der Waals surface area contributed by atoms with Crippen molar-refractivity contribution in [2.24, 2.45) is 0 Å². The van der Waals surface area contributed by atoms with Crippen LogP contribution >= 0.6 is 11.3 Å². The largest absolute Gasteiger partial charge is 0.370 e. The van der Waals surface area contributed by atoms with Gasteiger partial charge in [0.2, 0.25) is 0 Å². The Labute approximate surface area is 123 Å². The Hall–Kier alpha value is -1.88. The highest BCUT2D eigenvalue weighted by Crippen LogP contribution is 2.20.